The van der Waals surface area contributed by atoms with E-state index in [1.165, 1.54) is 4.90 Å². The number of fused-ring (bicyclic) bond motifs is 1. The van der Waals surface area contributed by atoms with E-state index in [1.807, 2.05) is 54.6 Å². The van der Waals surface area contributed by atoms with Gasteiger partial charge in [-0.1, -0.05) is 60.1 Å². The highest BCUT2D eigenvalue weighted by atomic mass is 35.5. The molecule has 36 heavy (non-hydrogen) atoms. The van der Waals surface area contributed by atoms with Gasteiger partial charge in [-0.2, -0.15) is 5.10 Å². The molecule has 0 saturated heterocycles. The zero-order valence-corrected chi connectivity index (χ0v) is 20.7. The Bertz CT molecular complexity index is 1420. The Morgan fingerprint density at radius 2 is 1.75 bits per heavy atom. The maximum atomic E-state index is 13.9. The number of carbonyl (C=O) groups excluding carboxylic acids is 2. The van der Waals surface area contributed by atoms with Crippen molar-refractivity contribution in [2.45, 2.75) is 25.6 Å². The first-order valence-corrected chi connectivity index (χ1v) is 11.9. The lowest BCUT2D eigenvalue weighted by Gasteiger charge is -2.43. The Balaban J connectivity index is 1.53. The minimum Gasteiger partial charge on any atom is -0.496 e. The van der Waals surface area contributed by atoms with Gasteiger partial charge in [-0.3, -0.25) is 19.2 Å². The largest absolute Gasteiger partial charge is 0.496 e. The summed E-state index contributed by atoms with van der Waals surface area (Å²) in [7, 11) is 1.59. The molecule has 3 aromatic carbocycles. The molecule has 4 aromatic rings. The van der Waals surface area contributed by atoms with Gasteiger partial charge in [0.15, 0.2) is 0 Å². The molecule has 0 bridgehead atoms. The van der Waals surface area contributed by atoms with Gasteiger partial charge in [0.05, 0.1) is 19.3 Å². The van der Waals surface area contributed by atoms with Crippen LogP contribution in [0.2, 0.25) is 5.02 Å². The molecule has 182 valence electrons. The number of hydrogen-bond donors (Lipinski definition) is 1. The number of benzene rings is 3. The topological polar surface area (TPSA) is 76.5 Å². The van der Waals surface area contributed by atoms with Crippen LogP contribution in [0.4, 0.5) is 5.69 Å². The Morgan fingerprint density at radius 3 is 2.47 bits per heavy atom. The van der Waals surface area contributed by atoms with E-state index in [0.717, 1.165) is 11.1 Å². The maximum Gasteiger partial charge on any atom is 0.277 e. The average Bonchev–Trinajstić information content (AvgIpc) is 3.33. The van der Waals surface area contributed by atoms with Gasteiger partial charge in [0.1, 0.15) is 17.0 Å². The highest BCUT2D eigenvalue weighted by molar-refractivity contribution is 6.30. The maximum absolute atomic E-state index is 13.9. The third kappa shape index (κ3) is 4.22. The third-order valence-corrected chi connectivity index (χ3v) is 6.68. The summed E-state index contributed by atoms with van der Waals surface area (Å²) in [5, 5.41) is 8.23. The fourth-order valence-corrected chi connectivity index (χ4v) is 4.67. The lowest BCUT2D eigenvalue weighted by molar-refractivity contribution is -0.126. The first-order valence-electron chi connectivity index (χ1n) is 11.5. The van der Waals surface area contributed by atoms with Crippen LogP contribution in [0, 0.1) is 0 Å². The average molecular weight is 501 g/mol. The highest BCUT2D eigenvalue weighted by Gasteiger charge is 2.48. The first kappa shape index (κ1) is 23.6. The summed E-state index contributed by atoms with van der Waals surface area (Å²) in [5.74, 6) is 0.0615. The molecule has 8 heteroatoms. The number of ether oxygens (including phenoxy) is 1. The van der Waals surface area contributed by atoms with Crippen LogP contribution in [0.5, 0.6) is 5.75 Å². The molecule has 0 spiro atoms. The number of rotatable bonds is 6. The summed E-state index contributed by atoms with van der Waals surface area (Å²) in [6, 6.07) is 25.8. The number of hydrogen-bond acceptors (Lipinski definition) is 4. The lowest BCUT2D eigenvalue weighted by Crippen LogP contribution is -2.64. The minimum atomic E-state index is -1.25. The van der Waals surface area contributed by atoms with Crippen LogP contribution in [0.3, 0.4) is 0 Å². The summed E-state index contributed by atoms with van der Waals surface area (Å²) in [4.78, 5) is 29.2. The van der Waals surface area contributed by atoms with Gasteiger partial charge in [0.25, 0.3) is 5.91 Å². The Hall–Kier alpha value is -4.10. The van der Waals surface area contributed by atoms with Gasteiger partial charge in [-0.05, 0) is 43.3 Å². The molecule has 2 amide bonds. The van der Waals surface area contributed by atoms with E-state index in [9.17, 15) is 9.59 Å². The van der Waals surface area contributed by atoms with Crippen LogP contribution in [-0.4, -0.2) is 34.2 Å². The fourth-order valence-electron chi connectivity index (χ4n) is 4.54. The van der Waals surface area contributed by atoms with Crippen molar-refractivity contribution in [3.8, 4) is 17.0 Å². The summed E-state index contributed by atoms with van der Waals surface area (Å²) >= 11 is 6.11. The molecular weight excluding hydrogens is 476 g/mol. The number of nitrogens with zero attached hydrogens (tertiary/aromatic N) is 3. The quantitative estimate of drug-likeness (QED) is 0.406. The van der Waals surface area contributed by atoms with Crippen molar-refractivity contribution in [1.82, 2.24) is 15.1 Å². The van der Waals surface area contributed by atoms with E-state index in [-0.39, 0.29) is 24.9 Å². The van der Waals surface area contributed by atoms with E-state index >= 15 is 0 Å². The minimum absolute atomic E-state index is 0.182. The number of methoxy groups -OCH3 is 1. The van der Waals surface area contributed by atoms with Gasteiger partial charge in [0.2, 0.25) is 5.91 Å². The van der Waals surface area contributed by atoms with Gasteiger partial charge in [-0.15, -0.1) is 0 Å². The molecule has 0 aliphatic carbocycles. The number of amides is 2. The fraction of sp³-hybridized carbons (Fsp3) is 0.179. The standard InChI is InChI=1S/C28H25ClN4O3/c1-28(27(35)30-17-20-10-6-7-11-25(20)36-2)18-32-24(16-23(31-32)19-8-4-3-5-9-19)26(34)33(28)22-14-12-21(29)13-15-22/h3-16H,17-18H2,1-2H3,(H,30,35)/t28-/m0/s1. The highest BCUT2D eigenvalue weighted by Crippen LogP contribution is 2.35. The molecule has 2 heterocycles. The molecule has 1 aliphatic heterocycles. The second-order valence-corrected chi connectivity index (χ2v) is 9.26. The molecule has 0 fully saturated rings. The van der Waals surface area contributed by atoms with Crippen molar-refractivity contribution in [2.24, 2.45) is 0 Å². The molecule has 1 aliphatic rings. The first-order chi connectivity index (χ1) is 17.4. The smallest absolute Gasteiger partial charge is 0.277 e. The number of para-hydroxylation sites is 1. The Kier molecular flexibility index (Phi) is 6.24. The van der Waals surface area contributed by atoms with Crippen LogP contribution in [0.25, 0.3) is 11.3 Å². The summed E-state index contributed by atoms with van der Waals surface area (Å²) in [6.07, 6.45) is 0. The Labute approximate surface area is 214 Å². The third-order valence-electron chi connectivity index (χ3n) is 6.43. The molecule has 1 N–H and O–H groups in total. The van der Waals surface area contributed by atoms with E-state index in [0.29, 0.717) is 27.8 Å². The van der Waals surface area contributed by atoms with E-state index < -0.39 is 5.54 Å². The van der Waals surface area contributed by atoms with Crippen molar-refractivity contribution in [1.29, 1.82) is 0 Å². The van der Waals surface area contributed by atoms with Crippen LogP contribution in [0.1, 0.15) is 23.0 Å². The molecule has 7 nitrogen and oxygen atoms in total. The molecule has 0 radical (unpaired) electrons. The number of carbonyl (C=O) groups is 2. The predicted molar refractivity (Wildman–Crippen MR) is 139 cm³/mol. The zero-order valence-electron chi connectivity index (χ0n) is 19.9. The monoisotopic (exact) mass is 500 g/mol. The van der Waals surface area contributed by atoms with Gasteiger partial charge < -0.3 is 10.1 Å². The molecule has 0 unspecified atom stereocenters. The number of halogens is 1. The normalized spacial score (nSPS) is 17.0. The molecule has 0 saturated carbocycles. The lowest BCUT2D eigenvalue weighted by atomic mass is 9.93. The summed E-state index contributed by atoms with van der Waals surface area (Å²) < 4.78 is 7.04. The van der Waals surface area contributed by atoms with Crippen molar-refractivity contribution < 1.29 is 14.3 Å². The van der Waals surface area contributed by atoms with E-state index in [4.69, 9.17) is 16.3 Å². The van der Waals surface area contributed by atoms with E-state index in [1.54, 1.807) is 49.0 Å². The van der Waals surface area contributed by atoms with Crippen molar-refractivity contribution in [2.75, 3.05) is 12.0 Å². The Morgan fingerprint density at radius 1 is 1.06 bits per heavy atom. The van der Waals surface area contributed by atoms with Crippen LogP contribution < -0.4 is 15.0 Å². The van der Waals surface area contributed by atoms with Crippen molar-refractivity contribution in [3.63, 3.8) is 0 Å². The molecule has 1 aromatic heterocycles. The number of nitrogens with one attached hydrogen (secondary N) is 1. The molecule has 5 rings (SSSR count). The summed E-state index contributed by atoms with van der Waals surface area (Å²) in [6.45, 7) is 2.19. The van der Waals surface area contributed by atoms with Crippen molar-refractivity contribution in [3.05, 3.63) is 101 Å². The second kappa shape index (κ2) is 9.51. The van der Waals surface area contributed by atoms with Crippen molar-refractivity contribution >= 4 is 29.1 Å². The van der Waals surface area contributed by atoms with Gasteiger partial charge in [-0.25, -0.2) is 0 Å². The summed E-state index contributed by atoms with van der Waals surface area (Å²) in [5.41, 5.74) is 2.15. The number of anilines is 1. The molecule has 1 atom stereocenters. The second-order valence-electron chi connectivity index (χ2n) is 8.82. The van der Waals surface area contributed by atoms with Crippen LogP contribution in [-0.2, 0) is 17.9 Å². The van der Waals surface area contributed by atoms with Gasteiger partial charge >= 0.3 is 0 Å². The predicted octanol–water partition coefficient (Wildman–Crippen LogP) is 4.95. The molecular formula is C28H25ClN4O3. The SMILES string of the molecule is COc1ccccc1CNC(=O)[C@]1(C)Cn2nc(-c3ccccc3)cc2C(=O)N1c1ccc(Cl)cc1. The number of aromatic nitrogens is 2. The van der Waals surface area contributed by atoms with Crippen LogP contribution >= 0.6 is 11.6 Å². The van der Waals surface area contributed by atoms with Gasteiger partial charge in [0, 0.05) is 28.4 Å². The van der Waals surface area contributed by atoms with Crippen LogP contribution in [0.15, 0.2) is 84.9 Å². The van der Waals surface area contributed by atoms with E-state index in [2.05, 4.69) is 10.4 Å². The zero-order chi connectivity index (χ0) is 25.3.